The van der Waals surface area contributed by atoms with E-state index in [0.29, 0.717) is 6.54 Å². The zero-order valence-corrected chi connectivity index (χ0v) is 10.6. The first kappa shape index (κ1) is 12.3. The number of rotatable bonds is 3. The molecule has 0 aromatic heterocycles. The van der Waals surface area contributed by atoms with Crippen molar-refractivity contribution < 1.29 is 4.79 Å². The number of benzene rings is 1. The van der Waals surface area contributed by atoms with Crippen molar-refractivity contribution in [1.82, 2.24) is 9.80 Å². The second-order valence-corrected chi connectivity index (χ2v) is 4.87. The van der Waals surface area contributed by atoms with Gasteiger partial charge in [-0.2, -0.15) is 0 Å². The number of hydrogen-bond acceptors (Lipinski definition) is 3. The van der Waals surface area contributed by atoms with Gasteiger partial charge in [-0.3, -0.25) is 9.69 Å². The summed E-state index contributed by atoms with van der Waals surface area (Å²) in [6.07, 6.45) is 0. The highest BCUT2D eigenvalue weighted by atomic mass is 16.1. The van der Waals surface area contributed by atoms with Gasteiger partial charge in [-0.1, -0.05) is 23.8 Å². The maximum Gasteiger partial charge on any atom is 0.176 e. The van der Waals surface area contributed by atoms with E-state index in [0.717, 1.165) is 37.3 Å². The Morgan fingerprint density at radius 2 is 1.94 bits per heavy atom. The van der Waals surface area contributed by atoms with E-state index in [1.807, 2.05) is 31.2 Å². The lowest BCUT2D eigenvalue weighted by atomic mass is 10.1. The van der Waals surface area contributed by atoms with Gasteiger partial charge in [-0.05, 0) is 20.0 Å². The summed E-state index contributed by atoms with van der Waals surface area (Å²) in [7, 11) is 2.12. The van der Waals surface area contributed by atoms with Crippen LogP contribution in [0.4, 0.5) is 0 Å². The number of Topliss-reactive ketones (excluding diaryl/α,β-unsaturated/α-hetero) is 1. The molecule has 0 saturated carbocycles. The highest BCUT2D eigenvalue weighted by Gasteiger charge is 2.17. The molecular weight excluding hydrogens is 212 g/mol. The molecule has 0 unspecified atom stereocenters. The first-order valence-electron chi connectivity index (χ1n) is 6.16. The molecule has 3 heteroatoms. The van der Waals surface area contributed by atoms with Gasteiger partial charge in [-0.25, -0.2) is 0 Å². The molecule has 1 saturated heterocycles. The molecule has 0 bridgehead atoms. The summed E-state index contributed by atoms with van der Waals surface area (Å²) in [6, 6.07) is 7.85. The van der Waals surface area contributed by atoms with Crippen LogP contribution in [0.2, 0.25) is 0 Å². The Hall–Kier alpha value is -1.19. The van der Waals surface area contributed by atoms with Crippen molar-refractivity contribution in [2.75, 3.05) is 39.8 Å². The molecule has 92 valence electrons. The Balaban J connectivity index is 1.93. The van der Waals surface area contributed by atoms with E-state index in [9.17, 15) is 4.79 Å². The van der Waals surface area contributed by atoms with Crippen molar-refractivity contribution >= 4 is 5.78 Å². The third-order valence-corrected chi connectivity index (χ3v) is 3.30. The molecule has 0 aliphatic carbocycles. The zero-order chi connectivity index (χ0) is 12.3. The van der Waals surface area contributed by atoms with Crippen molar-refractivity contribution in [2.24, 2.45) is 0 Å². The van der Waals surface area contributed by atoms with Crippen LogP contribution in [0.3, 0.4) is 0 Å². The van der Waals surface area contributed by atoms with Gasteiger partial charge in [0.05, 0.1) is 6.54 Å². The van der Waals surface area contributed by atoms with Crippen LogP contribution in [0.1, 0.15) is 15.9 Å². The van der Waals surface area contributed by atoms with Crippen LogP contribution >= 0.6 is 0 Å². The smallest absolute Gasteiger partial charge is 0.176 e. The van der Waals surface area contributed by atoms with Crippen molar-refractivity contribution in [3.05, 3.63) is 35.4 Å². The van der Waals surface area contributed by atoms with Gasteiger partial charge in [-0.15, -0.1) is 0 Å². The van der Waals surface area contributed by atoms with Gasteiger partial charge in [0.2, 0.25) is 0 Å². The summed E-state index contributed by atoms with van der Waals surface area (Å²) >= 11 is 0. The van der Waals surface area contributed by atoms with E-state index in [-0.39, 0.29) is 5.78 Å². The number of carbonyl (C=O) groups excluding carboxylic acids is 1. The van der Waals surface area contributed by atoms with E-state index >= 15 is 0 Å². The Bertz CT molecular complexity index is 395. The molecule has 0 N–H and O–H groups in total. The fraction of sp³-hybridized carbons (Fsp3) is 0.500. The standard InChI is InChI=1S/C14H20N2O/c1-12-4-3-5-13(10-12)14(17)11-16-8-6-15(2)7-9-16/h3-5,10H,6-9,11H2,1-2H3. The minimum atomic E-state index is 0.234. The van der Waals surface area contributed by atoms with Crippen LogP contribution in [0.15, 0.2) is 24.3 Å². The van der Waals surface area contributed by atoms with Gasteiger partial charge >= 0.3 is 0 Å². The number of aryl methyl sites for hydroxylation is 1. The molecule has 1 aromatic carbocycles. The summed E-state index contributed by atoms with van der Waals surface area (Å²) in [5.74, 6) is 0.234. The number of piperazine rings is 1. The van der Waals surface area contributed by atoms with Gasteiger partial charge in [0.15, 0.2) is 5.78 Å². The predicted molar refractivity (Wildman–Crippen MR) is 69.4 cm³/mol. The molecule has 1 aliphatic rings. The number of ketones is 1. The zero-order valence-electron chi connectivity index (χ0n) is 10.6. The van der Waals surface area contributed by atoms with E-state index in [1.54, 1.807) is 0 Å². The quantitative estimate of drug-likeness (QED) is 0.737. The maximum atomic E-state index is 12.1. The minimum Gasteiger partial charge on any atom is -0.304 e. The monoisotopic (exact) mass is 232 g/mol. The molecule has 1 aromatic rings. The molecular formula is C14H20N2O. The Kier molecular flexibility index (Phi) is 3.92. The topological polar surface area (TPSA) is 23.6 Å². The number of hydrogen-bond donors (Lipinski definition) is 0. The van der Waals surface area contributed by atoms with E-state index in [4.69, 9.17) is 0 Å². The van der Waals surface area contributed by atoms with Crippen LogP contribution in [-0.2, 0) is 0 Å². The molecule has 0 radical (unpaired) electrons. The van der Waals surface area contributed by atoms with Crippen LogP contribution in [0.25, 0.3) is 0 Å². The molecule has 17 heavy (non-hydrogen) atoms. The summed E-state index contributed by atoms with van der Waals surface area (Å²) in [6.45, 7) is 6.67. The molecule has 0 amide bonds. The summed E-state index contributed by atoms with van der Waals surface area (Å²) in [5, 5.41) is 0. The number of nitrogens with zero attached hydrogens (tertiary/aromatic N) is 2. The molecule has 1 fully saturated rings. The first-order chi connectivity index (χ1) is 8.15. The largest absolute Gasteiger partial charge is 0.304 e. The van der Waals surface area contributed by atoms with Crippen LogP contribution in [0.5, 0.6) is 0 Å². The Morgan fingerprint density at radius 1 is 1.24 bits per heavy atom. The highest BCUT2D eigenvalue weighted by molar-refractivity contribution is 5.97. The first-order valence-corrected chi connectivity index (χ1v) is 6.16. The summed E-state index contributed by atoms with van der Waals surface area (Å²) in [4.78, 5) is 16.6. The van der Waals surface area contributed by atoms with Gasteiger partial charge < -0.3 is 4.90 Å². The molecule has 2 rings (SSSR count). The lowest BCUT2D eigenvalue weighted by Gasteiger charge is -2.31. The fourth-order valence-electron chi connectivity index (χ4n) is 2.12. The average Bonchev–Trinajstić information content (AvgIpc) is 2.32. The number of carbonyl (C=O) groups is 1. The maximum absolute atomic E-state index is 12.1. The van der Waals surface area contributed by atoms with E-state index < -0.39 is 0 Å². The van der Waals surface area contributed by atoms with Gasteiger partial charge in [0, 0.05) is 31.7 Å². The number of likely N-dealkylation sites (N-methyl/N-ethyl adjacent to an activating group) is 1. The Morgan fingerprint density at radius 3 is 2.59 bits per heavy atom. The van der Waals surface area contributed by atoms with Gasteiger partial charge in [0.1, 0.15) is 0 Å². The lowest BCUT2D eigenvalue weighted by molar-refractivity contribution is 0.0876. The van der Waals surface area contributed by atoms with Crippen LogP contribution in [0, 0.1) is 6.92 Å². The summed E-state index contributed by atoms with van der Waals surface area (Å²) < 4.78 is 0. The van der Waals surface area contributed by atoms with E-state index in [2.05, 4.69) is 16.8 Å². The average molecular weight is 232 g/mol. The second-order valence-electron chi connectivity index (χ2n) is 4.87. The third-order valence-electron chi connectivity index (χ3n) is 3.30. The predicted octanol–water partition coefficient (Wildman–Crippen LogP) is 1.43. The second kappa shape index (κ2) is 5.43. The minimum absolute atomic E-state index is 0.234. The molecule has 3 nitrogen and oxygen atoms in total. The molecule has 1 aliphatic heterocycles. The van der Waals surface area contributed by atoms with Gasteiger partial charge in [0.25, 0.3) is 0 Å². The normalized spacial score (nSPS) is 18.2. The molecule has 1 heterocycles. The highest BCUT2D eigenvalue weighted by Crippen LogP contribution is 2.07. The molecule has 0 spiro atoms. The van der Waals surface area contributed by atoms with Crippen molar-refractivity contribution in [3.8, 4) is 0 Å². The summed E-state index contributed by atoms with van der Waals surface area (Å²) in [5.41, 5.74) is 1.98. The Labute approximate surface area is 103 Å². The van der Waals surface area contributed by atoms with E-state index in [1.165, 1.54) is 0 Å². The van der Waals surface area contributed by atoms with Crippen LogP contribution < -0.4 is 0 Å². The van der Waals surface area contributed by atoms with Crippen molar-refractivity contribution in [2.45, 2.75) is 6.92 Å². The lowest BCUT2D eigenvalue weighted by Crippen LogP contribution is -2.46. The fourth-order valence-corrected chi connectivity index (χ4v) is 2.12. The molecule has 0 atom stereocenters. The van der Waals surface area contributed by atoms with Crippen molar-refractivity contribution in [3.63, 3.8) is 0 Å². The SMILES string of the molecule is Cc1cccc(C(=O)CN2CCN(C)CC2)c1. The van der Waals surface area contributed by atoms with Crippen LogP contribution in [-0.4, -0.2) is 55.4 Å². The third kappa shape index (κ3) is 3.38. The van der Waals surface area contributed by atoms with Crippen molar-refractivity contribution in [1.29, 1.82) is 0 Å².